The molecule has 0 fully saturated rings. The zero-order valence-electron chi connectivity index (χ0n) is 6.47. The molecule has 0 saturated carbocycles. The van der Waals surface area contributed by atoms with Gasteiger partial charge in [0.2, 0.25) is 0 Å². The van der Waals surface area contributed by atoms with Crippen LogP contribution in [0.2, 0.25) is 5.02 Å². The van der Waals surface area contributed by atoms with E-state index in [1.807, 2.05) is 12.1 Å². The van der Waals surface area contributed by atoms with E-state index in [2.05, 4.69) is 11.6 Å². The van der Waals surface area contributed by atoms with Crippen molar-refractivity contribution in [2.24, 2.45) is 0 Å². The first kappa shape index (κ1) is 10.6. The van der Waals surface area contributed by atoms with Gasteiger partial charge in [0, 0.05) is 11.4 Å². The van der Waals surface area contributed by atoms with E-state index >= 15 is 0 Å². The van der Waals surface area contributed by atoms with E-state index in [9.17, 15) is 0 Å². The van der Waals surface area contributed by atoms with Crippen LogP contribution in [-0.2, 0) is 0 Å². The van der Waals surface area contributed by atoms with Crippen LogP contribution in [0.4, 0.5) is 0 Å². The third kappa shape index (κ3) is 4.12. The molecule has 1 aromatic rings. The molecule has 0 aliphatic rings. The Bertz CT molecular complexity index is 184. The number of rotatable bonds is 1. The molecule has 0 aliphatic heterocycles. The van der Waals surface area contributed by atoms with Gasteiger partial charge in [0.25, 0.3) is 0 Å². The van der Waals surface area contributed by atoms with Crippen molar-refractivity contribution in [3.05, 3.63) is 29.3 Å². The lowest BCUT2D eigenvalue weighted by atomic mass is 10.3. The number of methoxy groups -OCH3 is 1. The van der Waals surface area contributed by atoms with Crippen molar-refractivity contribution in [1.82, 2.24) is 0 Å². The van der Waals surface area contributed by atoms with Crippen molar-refractivity contribution in [1.29, 1.82) is 0 Å². The molecule has 0 amide bonds. The summed E-state index contributed by atoms with van der Waals surface area (Å²) < 4.78 is 4.91. The Kier molecular flexibility index (Phi) is 6.09. The molecule has 0 spiro atoms. The van der Waals surface area contributed by atoms with Crippen LogP contribution in [0.15, 0.2) is 24.3 Å². The third-order valence-electron chi connectivity index (χ3n) is 1.05. The van der Waals surface area contributed by atoms with Crippen LogP contribution in [0.25, 0.3) is 0 Å². The molecular weight excluding hydrogens is 183 g/mol. The number of hydrogen-bond donors (Lipinski definition) is 0. The van der Waals surface area contributed by atoms with E-state index in [4.69, 9.17) is 16.3 Å². The van der Waals surface area contributed by atoms with Crippen molar-refractivity contribution in [2.45, 2.75) is 0 Å². The molecule has 0 radical (unpaired) electrons. The van der Waals surface area contributed by atoms with Gasteiger partial charge < -0.3 is 4.74 Å². The Hall–Kier alpha value is -0.400. The summed E-state index contributed by atoms with van der Waals surface area (Å²) in [6, 6.07) is 7.23. The Morgan fingerprint density at radius 2 is 1.55 bits per heavy atom. The average Bonchev–Trinajstić information content (AvgIpc) is 2.10. The number of benzene rings is 1. The van der Waals surface area contributed by atoms with Crippen LogP contribution in [-0.4, -0.2) is 13.5 Å². The maximum Gasteiger partial charge on any atom is 0.118 e. The fraction of sp³-hybridized carbons (Fsp3) is 0.250. The highest BCUT2D eigenvalue weighted by Crippen LogP contribution is 2.14. The average molecular weight is 193 g/mol. The fourth-order valence-electron chi connectivity index (χ4n) is 0.571. The molecule has 0 heterocycles. The van der Waals surface area contributed by atoms with E-state index in [0.29, 0.717) is 0 Å². The summed E-state index contributed by atoms with van der Waals surface area (Å²) in [5, 5.41) is 0.732. The fourth-order valence-corrected chi connectivity index (χ4v) is 0.697. The maximum atomic E-state index is 5.61. The van der Waals surface area contributed by atoms with Gasteiger partial charge in [-0.05, 0) is 24.3 Å². The minimum atomic E-state index is 0.732. The quantitative estimate of drug-likeness (QED) is 0.622. The van der Waals surface area contributed by atoms with Gasteiger partial charge in [0.1, 0.15) is 5.75 Å². The molecule has 0 aliphatic carbocycles. The molecule has 0 unspecified atom stereocenters. The second-order valence-corrected chi connectivity index (χ2v) is 2.09. The summed E-state index contributed by atoms with van der Waals surface area (Å²) in [7, 11) is 1.63. The predicted octanol–water partition coefficient (Wildman–Crippen LogP) is 3.20. The monoisotopic (exact) mass is 192 g/mol. The van der Waals surface area contributed by atoms with Crippen LogP contribution in [0.3, 0.4) is 0 Å². The van der Waals surface area contributed by atoms with Crippen molar-refractivity contribution in [3.63, 3.8) is 0 Å². The first-order chi connectivity index (χ1) is 5.33. The van der Waals surface area contributed by atoms with E-state index in [1.165, 1.54) is 6.38 Å². The highest BCUT2D eigenvalue weighted by Gasteiger charge is 1.87. The number of alkyl halides is 1. The zero-order chi connectivity index (χ0) is 8.69. The minimum Gasteiger partial charge on any atom is -0.497 e. The summed E-state index contributed by atoms with van der Waals surface area (Å²) in [4.78, 5) is 0. The normalized spacial score (nSPS) is 8.00. The summed E-state index contributed by atoms with van der Waals surface area (Å²) >= 11 is 10.3. The molecule has 0 saturated heterocycles. The lowest BCUT2D eigenvalue weighted by Gasteiger charge is -1.96. The van der Waals surface area contributed by atoms with Crippen LogP contribution in [0, 0.1) is 0 Å². The molecule has 11 heavy (non-hydrogen) atoms. The first-order valence-electron chi connectivity index (χ1n) is 3.00. The highest BCUT2D eigenvalue weighted by molar-refractivity contribution is 6.30. The summed E-state index contributed by atoms with van der Waals surface area (Å²) in [5.41, 5.74) is 0. The van der Waals surface area contributed by atoms with Crippen LogP contribution >= 0.6 is 23.2 Å². The molecule has 62 valence electrons. The Morgan fingerprint density at radius 3 is 1.91 bits per heavy atom. The zero-order valence-corrected chi connectivity index (χ0v) is 7.99. The standard InChI is InChI=1S/C7H7ClO.CH3Cl/c1-9-7-4-2-6(8)3-5-7;1-2/h2-5H,1H3;1H3. The second-order valence-electron chi connectivity index (χ2n) is 1.66. The summed E-state index contributed by atoms with van der Waals surface area (Å²) in [6.45, 7) is 0. The number of hydrogen-bond acceptors (Lipinski definition) is 1. The van der Waals surface area contributed by atoms with Crippen LogP contribution in [0.1, 0.15) is 0 Å². The number of ether oxygens (including phenoxy) is 1. The second kappa shape index (κ2) is 6.32. The Labute approximate surface area is 76.9 Å². The van der Waals surface area contributed by atoms with Gasteiger partial charge in [-0.3, -0.25) is 0 Å². The van der Waals surface area contributed by atoms with E-state index in [0.717, 1.165) is 10.8 Å². The van der Waals surface area contributed by atoms with Gasteiger partial charge in [-0.2, -0.15) is 0 Å². The molecule has 1 rings (SSSR count). The van der Waals surface area contributed by atoms with Gasteiger partial charge in [-0.25, -0.2) is 0 Å². The third-order valence-corrected chi connectivity index (χ3v) is 1.30. The Balaban J connectivity index is 0.000000461. The smallest absolute Gasteiger partial charge is 0.118 e. The largest absolute Gasteiger partial charge is 0.497 e. The van der Waals surface area contributed by atoms with Crippen molar-refractivity contribution in [3.8, 4) is 5.75 Å². The molecule has 0 aromatic heterocycles. The lowest BCUT2D eigenvalue weighted by molar-refractivity contribution is 0.415. The predicted molar refractivity (Wildman–Crippen MR) is 49.8 cm³/mol. The minimum absolute atomic E-state index is 0.732. The van der Waals surface area contributed by atoms with Crippen molar-refractivity contribution >= 4 is 23.2 Å². The molecule has 1 nitrogen and oxygen atoms in total. The molecule has 0 atom stereocenters. The van der Waals surface area contributed by atoms with E-state index in [1.54, 1.807) is 19.2 Å². The van der Waals surface area contributed by atoms with E-state index < -0.39 is 0 Å². The topological polar surface area (TPSA) is 9.23 Å². The maximum absolute atomic E-state index is 5.61. The van der Waals surface area contributed by atoms with Crippen LogP contribution in [0.5, 0.6) is 5.75 Å². The highest BCUT2D eigenvalue weighted by atomic mass is 35.5. The van der Waals surface area contributed by atoms with E-state index in [-0.39, 0.29) is 0 Å². The van der Waals surface area contributed by atoms with Gasteiger partial charge in [-0.1, -0.05) is 11.6 Å². The molecule has 0 N–H and O–H groups in total. The van der Waals surface area contributed by atoms with Gasteiger partial charge in [0.05, 0.1) is 7.11 Å². The van der Waals surface area contributed by atoms with Crippen molar-refractivity contribution < 1.29 is 4.74 Å². The molecule has 1 aromatic carbocycles. The lowest BCUT2D eigenvalue weighted by Crippen LogP contribution is -1.79. The van der Waals surface area contributed by atoms with Gasteiger partial charge >= 0.3 is 0 Å². The molecule has 3 heteroatoms. The summed E-state index contributed by atoms with van der Waals surface area (Å²) in [5.74, 6) is 0.833. The SMILES string of the molecule is CCl.COc1ccc(Cl)cc1. The first-order valence-corrected chi connectivity index (χ1v) is 4.13. The van der Waals surface area contributed by atoms with Gasteiger partial charge in [0.15, 0.2) is 0 Å². The van der Waals surface area contributed by atoms with Crippen LogP contribution < -0.4 is 4.74 Å². The summed E-state index contributed by atoms with van der Waals surface area (Å²) in [6.07, 6.45) is 1.47. The Morgan fingerprint density at radius 1 is 1.09 bits per heavy atom. The van der Waals surface area contributed by atoms with Gasteiger partial charge in [-0.15, -0.1) is 11.6 Å². The molecule has 0 bridgehead atoms. The van der Waals surface area contributed by atoms with Crippen molar-refractivity contribution in [2.75, 3.05) is 13.5 Å². The molecular formula is C8H10Cl2O. The number of halogens is 2.